The Labute approximate surface area is 127 Å². The monoisotopic (exact) mass is 296 g/mol. The Bertz CT molecular complexity index is 423. The molecule has 1 N–H and O–H groups in total. The Morgan fingerprint density at radius 2 is 2.00 bits per heavy atom. The van der Waals surface area contributed by atoms with E-state index >= 15 is 0 Å². The van der Waals surface area contributed by atoms with Crippen LogP contribution < -0.4 is 0 Å². The first kappa shape index (κ1) is 17.8. The number of methoxy groups -OCH3 is 2. The molecule has 0 spiro atoms. The summed E-state index contributed by atoms with van der Waals surface area (Å²) in [6.07, 6.45) is 5.41. The summed E-state index contributed by atoms with van der Waals surface area (Å²) in [6, 6.07) is 0. The van der Waals surface area contributed by atoms with E-state index in [1.807, 2.05) is 6.92 Å². The summed E-state index contributed by atoms with van der Waals surface area (Å²) in [5, 5.41) is 10.5. The fourth-order valence-corrected chi connectivity index (χ4v) is 2.77. The molecule has 3 unspecified atom stereocenters. The van der Waals surface area contributed by atoms with Gasteiger partial charge >= 0.3 is 0 Å². The van der Waals surface area contributed by atoms with Crippen molar-refractivity contribution in [1.82, 2.24) is 0 Å². The van der Waals surface area contributed by atoms with E-state index in [4.69, 9.17) is 9.47 Å². The number of rotatable bonds is 7. The van der Waals surface area contributed by atoms with Gasteiger partial charge in [-0.3, -0.25) is 4.79 Å². The smallest absolute Gasteiger partial charge is 0.204 e. The van der Waals surface area contributed by atoms with E-state index in [1.54, 1.807) is 0 Å². The first-order valence-corrected chi connectivity index (χ1v) is 7.67. The molecule has 3 atom stereocenters. The number of ketones is 1. The largest absolute Gasteiger partial charge is 0.494 e. The molecule has 0 amide bonds. The molecule has 1 rings (SSSR count). The molecule has 0 saturated heterocycles. The summed E-state index contributed by atoms with van der Waals surface area (Å²) < 4.78 is 10.3. The van der Waals surface area contributed by atoms with Crippen LogP contribution in [0, 0.1) is 11.8 Å². The van der Waals surface area contributed by atoms with E-state index in [2.05, 4.69) is 19.9 Å². The lowest BCUT2D eigenvalue weighted by atomic mass is 9.77. The van der Waals surface area contributed by atoms with Crippen LogP contribution in [0.15, 0.2) is 23.2 Å². The minimum atomic E-state index is -0.798. The van der Waals surface area contributed by atoms with Gasteiger partial charge in [0.25, 0.3) is 0 Å². The van der Waals surface area contributed by atoms with Gasteiger partial charge in [0.2, 0.25) is 11.5 Å². The highest BCUT2D eigenvalue weighted by Crippen LogP contribution is 2.35. The highest BCUT2D eigenvalue weighted by Gasteiger charge is 2.42. The van der Waals surface area contributed by atoms with Gasteiger partial charge in [0, 0.05) is 11.8 Å². The zero-order valence-electron chi connectivity index (χ0n) is 13.8. The van der Waals surface area contributed by atoms with Crippen LogP contribution in [0.5, 0.6) is 0 Å². The van der Waals surface area contributed by atoms with Gasteiger partial charge in [0.15, 0.2) is 5.76 Å². The fraction of sp³-hybridized carbons (Fsp3) is 0.706. The molecule has 0 radical (unpaired) electrons. The van der Waals surface area contributed by atoms with E-state index in [-0.39, 0.29) is 29.1 Å². The maximum absolute atomic E-state index is 12.3. The number of hydrogen-bond acceptors (Lipinski definition) is 4. The number of hydrogen-bond donors (Lipinski definition) is 1. The second kappa shape index (κ2) is 8.23. The van der Waals surface area contributed by atoms with Crippen molar-refractivity contribution in [2.75, 3.05) is 14.2 Å². The van der Waals surface area contributed by atoms with Crippen LogP contribution in [0.4, 0.5) is 0 Å². The topological polar surface area (TPSA) is 55.8 Å². The molecule has 0 saturated carbocycles. The van der Waals surface area contributed by atoms with Crippen LogP contribution >= 0.6 is 0 Å². The van der Waals surface area contributed by atoms with Crippen molar-refractivity contribution in [2.45, 2.75) is 52.6 Å². The molecule has 4 nitrogen and oxygen atoms in total. The Morgan fingerprint density at radius 3 is 2.52 bits per heavy atom. The van der Waals surface area contributed by atoms with Gasteiger partial charge in [0.1, 0.15) is 6.10 Å². The number of allylic oxidation sites excluding steroid dienone is 3. The molecule has 1 aliphatic rings. The predicted molar refractivity (Wildman–Crippen MR) is 82.6 cm³/mol. The second-order valence-corrected chi connectivity index (χ2v) is 5.75. The Morgan fingerprint density at radius 1 is 1.33 bits per heavy atom. The first-order valence-electron chi connectivity index (χ1n) is 7.67. The number of carbonyl (C=O) groups excluding carboxylic acids is 1. The van der Waals surface area contributed by atoms with E-state index < -0.39 is 6.10 Å². The molecule has 4 heteroatoms. The summed E-state index contributed by atoms with van der Waals surface area (Å²) >= 11 is 0. The predicted octanol–water partition coefficient (Wildman–Crippen LogP) is 3.21. The zero-order chi connectivity index (χ0) is 16.0. The Balaban J connectivity index is 2.89. The van der Waals surface area contributed by atoms with Crippen molar-refractivity contribution in [3.8, 4) is 0 Å². The number of carbonyl (C=O) groups is 1. The van der Waals surface area contributed by atoms with Gasteiger partial charge in [-0.1, -0.05) is 31.9 Å². The molecule has 0 aliphatic heterocycles. The molecule has 0 fully saturated rings. The van der Waals surface area contributed by atoms with Crippen LogP contribution in [0.1, 0.15) is 46.5 Å². The van der Waals surface area contributed by atoms with Gasteiger partial charge in [-0.25, -0.2) is 0 Å². The molecule has 0 heterocycles. The van der Waals surface area contributed by atoms with Crippen molar-refractivity contribution >= 4 is 5.78 Å². The van der Waals surface area contributed by atoms with Gasteiger partial charge in [0.05, 0.1) is 14.2 Å². The van der Waals surface area contributed by atoms with Crippen molar-refractivity contribution in [3.05, 3.63) is 23.2 Å². The highest BCUT2D eigenvalue weighted by molar-refractivity contribution is 5.97. The van der Waals surface area contributed by atoms with Gasteiger partial charge in [-0.05, 0) is 26.2 Å². The van der Waals surface area contributed by atoms with Crippen molar-refractivity contribution in [1.29, 1.82) is 0 Å². The molecule has 1 aliphatic carbocycles. The minimum absolute atomic E-state index is 0.0933. The Kier molecular flexibility index (Phi) is 6.96. The van der Waals surface area contributed by atoms with Crippen LogP contribution in [-0.4, -0.2) is 31.2 Å². The van der Waals surface area contributed by atoms with Crippen molar-refractivity contribution in [3.63, 3.8) is 0 Å². The number of ether oxygens (including phenoxy) is 2. The number of Topliss-reactive ketones (excluding diaryl/α,β-unsaturated/α-hetero) is 1. The number of aliphatic hydroxyl groups is 1. The van der Waals surface area contributed by atoms with E-state index in [9.17, 15) is 9.90 Å². The average molecular weight is 296 g/mol. The quantitative estimate of drug-likeness (QED) is 0.733. The SMILES string of the molecule is CCCC/C(C)=C/CC1C(C)C(=O)C(OC)=C(OC)C1O. The van der Waals surface area contributed by atoms with Crippen molar-refractivity contribution < 1.29 is 19.4 Å². The summed E-state index contributed by atoms with van der Waals surface area (Å²) in [6.45, 7) is 6.11. The lowest BCUT2D eigenvalue weighted by molar-refractivity contribution is -0.128. The fourth-order valence-electron chi connectivity index (χ4n) is 2.77. The Hall–Kier alpha value is -1.29. The molecule has 120 valence electrons. The number of aliphatic hydroxyl groups excluding tert-OH is 1. The maximum Gasteiger partial charge on any atom is 0.204 e. The molecular weight excluding hydrogens is 268 g/mol. The van der Waals surface area contributed by atoms with Gasteiger partial charge in [-0.2, -0.15) is 0 Å². The minimum Gasteiger partial charge on any atom is -0.494 e. The lowest BCUT2D eigenvalue weighted by Gasteiger charge is -2.33. The molecule has 0 bridgehead atoms. The van der Waals surface area contributed by atoms with Crippen LogP contribution in [0.2, 0.25) is 0 Å². The molecule has 21 heavy (non-hydrogen) atoms. The third-order valence-corrected chi connectivity index (χ3v) is 4.26. The number of unbranched alkanes of at least 4 members (excludes halogenated alkanes) is 1. The third-order valence-electron chi connectivity index (χ3n) is 4.26. The molecule has 0 aromatic heterocycles. The zero-order valence-corrected chi connectivity index (χ0v) is 13.8. The first-order chi connectivity index (χ1) is 9.97. The van der Waals surface area contributed by atoms with E-state index in [1.165, 1.54) is 32.6 Å². The lowest BCUT2D eigenvalue weighted by Crippen LogP contribution is -2.40. The summed E-state index contributed by atoms with van der Waals surface area (Å²) in [7, 11) is 2.89. The highest BCUT2D eigenvalue weighted by atomic mass is 16.5. The van der Waals surface area contributed by atoms with Gasteiger partial charge < -0.3 is 14.6 Å². The molecule has 0 aromatic carbocycles. The normalized spacial score (nSPS) is 27.0. The van der Waals surface area contributed by atoms with Gasteiger partial charge in [-0.15, -0.1) is 0 Å². The average Bonchev–Trinajstić information content (AvgIpc) is 2.48. The standard InChI is InChI=1S/C17H28O4/c1-6-7-8-11(2)9-10-13-12(3)14(18)16(20-4)17(21-5)15(13)19/h9,12-13,15,19H,6-8,10H2,1-5H3/b11-9+. The van der Waals surface area contributed by atoms with E-state index in [0.717, 1.165) is 6.42 Å². The second-order valence-electron chi connectivity index (χ2n) is 5.75. The van der Waals surface area contributed by atoms with Crippen molar-refractivity contribution in [2.24, 2.45) is 11.8 Å². The molecular formula is C17H28O4. The van der Waals surface area contributed by atoms with Crippen LogP contribution in [-0.2, 0) is 14.3 Å². The van der Waals surface area contributed by atoms with Crippen LogP contribution in [0.3, 0.4) is 0 Å². The van der Waals surface area contributed by atoms with E-state index in [0.29, 0.717) is 6.42 Å². The summed E-state index contributed by atoms with van der Waals surface area (Å²) in [5.41, 5.74) is 1.31. The maximum atomic E-state index is 12.3. The third kappa shape index (κ3) is 4.10. The molecule has 0 aromatic rings. The summed E-state index contributed by atoms with van der Waals surface area (Å²) in [4.78, 5) is 12.3. The summed E-state index contributed by atoms with van der Waals surface area (Å²) in [5.74, 6) is -0.123. The van der Waals surface area contributed by atoms with Crippen LogP contribution in [0.25, 0.3) is 0 Å².